The third-order valence-electron chi connectivity index (χ3n) is 12.2. The summed E-state index contributed by atoms with van der Waals surface area (Å²) in [6, 6.07) is 0. The van der Waals surface area contributed by atoms with Gasteiger partial charge in [-0.25, -0.2) is 4.57 Å². The van der Waals surface area contributed by atoms with Crippen LogP contribution in [0.25, 0.3) is 0 Å². The zero-order valence-corrected chi connectivity index (χ0v) is 43.6. The number of carbonyl (C=O) groups excluding carboxylic acids is 4. The fourth-order valence-corrected chi connectivity index (χ4v) is 8.73. The van der Waals surface area contributed by atoms with E-state index in [0.717, 1.165) is 116 Å². The van der Waals surface area contributed by atoms with E-state index in [-0.39, 0.29) is 32.3 Å². The number of carbonyl (C=O) groups is 4. The first kappa shape index (κ1) is 62.4. The number of rotatable bonds is 48. The van der Waals surface area contributed by atoms with Gasteiger partial charge in [-0.05, 0) is 25.7 Å². The number of nitrogens with zero attached hydrogens (tertiary/aromatic N) is 1. The predicted molar refractivity (Wildman–Crippen MR) is 262 cm³/mol. The van der Waals surface area contributed by atoms with Crippen molar-refractivity contribution in [3.63, 3.8) is 0 Å². The maximum absolute atomic E-state index is 14.9. The van der Waals surface area contributed by atoms with Crippen LogP contribution in [0.4, 0.5) is 0 Å². The van der Waals surface area contributed by atoms with Crippen LogP contribution >= 0.6 is 7.82 Å². The van der Waals surface area contributed by atoms with Crippen molar-refractivity contribution in [2.75, 3.05) is 40.9 Å². The van der Waals surface area contributed by atoms with Gasteiger partial charge in [-0.3, -0.25) is 28.2 Å². The number of hydrogen-bond acceptors (Lipinski definition) is 9. The molecule has 0 spiro atoms. The van der Waals surface area contributed by atoms with Crippen molar-refractivity contribution in [3.8, 4) is 0 Å². The highest BCUT2D eigenvalue weighted by Gasteiger charge is 2.57. The van der Waals surface area contributed by atoms with Gasteiger partial charge in [0.2, 0.25) is 0 Å². The lowest BCUT2D eigenvalue weighted by Gasteiger charge is -2.37. The fraction of sp³-hybridized carbons (Fsp3) is 0.923. The summed E-state index contributed by atoms with van der Waals surface area (Å²) in [7, 11) is 0.986. The Bertz CT molecular complexity index is 1190. The first-order valence-electron chi connectivity index (χ1n) is 26.6. The summed E-state index contributed by atoms with van der Waals surface area (Å²) in [6.45, 7) is 8.20. The van der Waals surface area contributed by atoms with Crippen molar-refractivity contribution < 1.29 is 51.6 Å². The highest BCUT2D eigenvalue weighted by Crippen LogP contribution is 2.44. The highest BCUT2D eigenvalue weighted by molar-refractivity contribution is 7.47. The van der Waals surface area contributed by atoms with Crippen LogP contribution in [0.3, 0.4) is 0 Å². The molecule has 0 aliphatic heterocycles. The van der Waals surface area contributed by atoms with Crippen LogP contribution in [0.2, 0.25) is 0 Å². The van der Waals surface area contributed by atoms with Gasteiger partial charge in [0.1, 0.15) is 19.8 Å². The number of phosphoric acid groups is 1. The number of esters is 2. The summed E-state index contributed by atoms with van der Waals surface area (Å²) in [6.07, 6.45) is 29.8. The molecule has 0 rings (SSSR count). The second kappa shape index (κ2) is 40.4. The minimum atomic E-state index is -4.77. The quantitative estimate of drug-likeness (QED) is 0.0206. The second-order valence-corrected chi connectivity index (χ2v) is 21.0. The van der Waals surface area contributed by atoms with Crippen LogP contribution in [-0.4, -0.2) is 85.5 Å². The third kappa shape index (κ3) is 33.8. The van der Waals surface area contributed by atoms with Crippen LogP contribution in [0.5, 0.6) is 0 Å². The van der Waals surface area contributed by atoms with E-state index in [1.807, 2.05) is 21.1 Å². The number of phosphoric ester groups is 1. The number of Topliss-reactive ketones (excluding diaryl/α,β-unsaturated/α-hetero) is 2. The molecular formula is C52H101NO10P+. The molecule has 11 nitrogen and oxygen atoms in total. The average molecular weight is 931 g/mol. The minimum absolute atomic E-state index is 0.0147. The van der Waals surface area contributed by atoms with Crippen molar-refractivity contribution in [2.45, 2.75) is 271 Å². The average Bonchev–Trinajstić information content (AvgIpc) is 3.24. The Balaban J connectivity index is 6.77. The van der Waals surface area contributed by atoms with Crippen LogP contribution in [-0.2, 0) is 42.3 Å². The van der Waals surface area contributed by atoms with E-state index in [9.17, 15) is 28.6 Å². The highest BCUT2D eigenvalue weighted by atomic mass is 31.2. The minimum Gasteiger partial charge on any atom is -0.455 e. The van der Waals surface area contributed by atoms with E-state index in [4.69, 9.17) is 18.5 Å². The maximum Gasteiger partial charge on any atom is 0.472 e. The largest absolute Gasteiger partial charge is 0.472 e. The van der Waals surface area contributed by atoms with Gasteiger partial charge in [0, 0.05) is 25.7 Å². The van der Waals surface area contributed by atoms with E-state index in [2.05, 4.69) is 27.7 Å². The maximum atomic E-state index is 14.9. The van der Waals surface area contributed by atoms with Gasteiger partial charge in [-0.1, -0.05) is 207 Å². The van der Waals surface area contributed by atoms with Gasteiger partial charge in [0.05, 0.1) is 21.1 Å². The fourth-order valence-electron chi connectivity index (χ4n) is 8.02. The van der Waals surface area contributed by atoms with E-state index in [1.54, 1.807) is 0 Å². The Labute approximate surface area is 393 Å². The molecule has 0 aliphatic rings. The van der Waals surface area contributed by atoms with Crippen LogP contribution in [0, 0.1) is 0 Å². The number of ether oxygens (including phenoxy) is 2. The topological polar surface area (TPSA) is 142 Å². The Kier molecular flexibility index (Phi) is 39.4. The molecule has 0 amide bonds. The molecule has 0 aromatic heterocycles. The van der Waals surface area contributed by atoms with Crippen LogP contribution in [0.15, 0.2) is 0 Å². The van der Waals surface area contributed by atoms with Gasteiger partial charge >= 0.3 is 19.8 Å². The van der Waals surface area contributed by atoms with Gasteiger partial charge in [-0.2, -0.15) is 0 Å². The molecule has 0 aromatic carbocycles. The molecule has 0 aliphatic carbocycles. The van der Waals surface area contributed by atoms with Crippen molar-refractivity contribution in [1.82, 2.24) is 0 Å². The van der Waals surface area contributed by atoms with Crippen molar-refractivity contribution in [1.29, 1.82) is 0 Å². The summed E-state index contributed by atoms with van der Waals surface area (Å²) in [4.78, 5) is 68.4. The Morgan fingerprint density at radius 1 is 0.469 bits per heavy atom. The number of hydrogen-bond donors (Lipinski definition) is 1. The lowest BCUT2D eigenvalue weighted by atomic mass is 9.82. The molecule has 1 N–H and O–H groups in total. The number of likely N-dealkylation sites (N-methyl/N-ethyl adjacent to an activating group) is 1. The molecule has 0 saturated heterocycles. The van der Waals surface area contributed by atoms with E-state index in [0.29, 0.717) is 36.7 Å². The molecule has 378 valence electrons. The summed E-state index contributed by atoms with van der Waals surface area (Å²) >= 11 is 0. The monoisotopic (exact) mass is 931 g/mol. The molecule has 0 fully saturated rings. The molecule has 0 saturated carbocycles. The van der Waals surface area contributed by atoms with Gasteiger partial charge in [0.25, 0.3) is 5.60 Å². The normalized spacial score (nSPS) is 13.4. The van der Waals surface area contributed by atoms with Crippen molar-refractivity contribution in [3.05, 3.63) is 0 Å². The summed E-state index contributed by atoms with van der Waals surface area (Å²) in [5.74, 6) is -2.71. The molecule has 0 radical (unpaired) electrons. The number of ketones is 2. The smallest absolute Gasteiger partial charge is 0.455 e. The molecule has 0 heterocycles. The Hall–Kier alpha value is -1.65. The molecule has 0 bridgehead atoms. The zero-order chi connectivity index (χ0) is 47.8. The Morgan fingerprint density at radius 3 is 1.12 bits per heavy atom. The first-order chi connectivity index (χ1) is 30.7. The third-order valence-corrected chi connectivity index (χ3v) is 13.2. The second-order valence-electron chi connectivity index (χ2n) is 19.5. The first-order valence-corrected chi connectivity index (χ1v) is 28.1. The Morgan fingerprint density at radius 2 is 0.781 bits per heavy atom. The van der Waals surface area contributed by atoms with Gasteiger partial charge < -0.3 is 18.9 Å². The van der Waals surface area contributed by atoms with E-state index >= 15 is 0 Å². The van der Waals surface area contributed by atoms with Crippen LogP contribution in [0.1, 0.15) is 259 Å². The molecule has 2 atom stereocenters. The van der Waals surface area contributed by atoms with E-state index < -0.39 is 49.6 Å². The summed E-state index contributed by atoms with van der Waals surface area (Å²) < 4.78 is 36.9. The number of unbranched alkanes of at least 4 members (excludes halogenated alkanes) is 28. The SMILES string of the molecule is CCCCCCCCCCC(=O)O[C@@H](COP(=O)(O)OCC[N+](C)(C)C)C(OC(=O)CCCCCCCCCC)(C(=O)CCCCCCCCCC)C(=O)CCCCCCCCCC. The van der Waals surface area contributed by atoms with Crippen LogP contribution < -0.4 is 0 Å². The molecule has 1 unspecified atom stereocenters. The van der Waals surface area contributed by atoms with Gasteiger partial charge in [0.15, 0.2) is 17.7 Å². The summed E-state index contributed by atoms with van der Waals surface area (Å²) in [5, 5.41) is 0. The van der Waals surface area contributed by atoms with Crippen molar-refractivity contribution in [2.24, 2.45) is 0 Å². The molecule has 64 heavy (non-hydrogen) atoms. The van der Waals surface area contributed by atoms with E-state index in [1.165, 1.54) is 64.2 Å². The predicted octanol–water partition coefficient (Wildman–Crippen LogP) is 14.3. The van der Waals surface area contributed by atoms with Crippen molar-refractivity contribution >= 4 is 31.3 Å². The molecule has 12 heteroatoms. The molecule has 0 aromatic rings. The molecular weight excluding hydrogens is 830 g/mol. The zero-order valence-electron chi connectivity index (χ0n) is 42.7. The standard InChI is InChI=1S/C52H100NO10P/c1-8-12-16-20-24-28-32-36-40-47(54)52(48(55)41-37-33-29-25-21-17-13-9-2,63-51(57)43-39-35-31-27-23-19-15-11-4)49(46-61-64(58,59)60-45-44-53(5,6)7)62-50(56)42-38-34-30-26-22-18-14-10-3/h49H,8-46H2,1-7H3/p+1/t49-/m0/s1. The lowest BCUT2D eigenvalue weighted by molar-refractivity contribution is -0.870. The summed E-state index contributed by atoms with van der Waals surface area (Å²) in [5.41, 5.74) is -2.53. The number of quaternary nitrogens is 1. The van der Waals surface area contributed by atoms with Gasteiger partial charge in [-0.15, -0.1) is 0 Å². The lowest BCUT2D eigenvalue weighted by Crippen LogP contribution is -2.61.